The molecule has 4 rings (SSSR count). The Morgan fingerprint density at radius 2 is 1.74 bits per heavy atom. The number of benzene rings is 2. The lowest BCUT2D eigenvalue weighted by atomic mass is 9.93. The molecular formula is C22H27N3O2. The molecule has 1 fully saturated rings. The summed E-state index contributed by atoms with van der Waals surface area (Å²) >= 11 is 0. The van der Waals surface area contributed by atoms with Crippen LogP contribution in [0, 0.1) is 0 Å². The quantitative estimate of drug-likeness (QED) is 0.856. The van der Waals surface area contributed by atoms with Crippen molar-refractivity contribution in [3.05, 3.63) is 59.7 Å². The van der Waals surface area contributed by atoms with Gasteiger partial charge in [-0.3, -0.25) is 9.69 Å². The Balaban J connectivity index is 1.31. The second-order valence-electron chi connectivity index (χ2n) is 7.39. The minimum atomic E-state index is -0.484. The van der Waals surface area contributed by atoms with E-state index in [-0.39, 0.29) is 5.91 Å². The van der Waals surface area contributed by atoms with Gasteiger partial charge in [0.05, 0.1) is 6.10 Å². The van der Waals surface area contributed by atoms with Crippen LogP contribution in [0.2, 0.25) is 0 Å². The number of amides is 1. The molecule has 2 aromatic rings. The number of aliphatic hydroxyl groups is 1. The molecule has 0 aromatic heterocycles. The van der Waals surface area contributed by atoms with Crippen LogP contribution < -0.4 is 10.2 Å². The minimum absolute atomic E-state index is 0.0606. The Bertz CT molecular complexity index is 785. The first-order valence-electron chi connectivity index (χ1n) is 9.83. The smallest absolute Gasteiger partial charge is 0.224 e. The number of rotatable bonds is 5. The maximum atomic E-state index is 11.6. The van der Waals surface area contributed by atoms with Gasteiger partial charge in [0.15, 0.2) is 0 Å². The molecule has 0 aliphatic carbocycles. The fourth-order valence-corrected chi connectivity index (χ4v) is 4.09. The number of aliphatic hydroxyl groups excluding tert-OH is 1. The normalized spacial score (nSPS) is 18.7. The Hall–Kier alpha value is -2.37. The van der Waals surface area contributed by atoms with Gasteiger partial charge in [0.2, 0.25) is 5.91 Å². The van der Waals surface area contributed by atoms with Crippen molar-refractivity contribution >= 4 is 17.3 Å². The van der Waals surface area contributed by atoms with E-state index in [9.17, 15) is 9.90 Å². The standard InChI is InChI=1S/C22H27N3O2/c26-21(19-7-4-8-20-18(19)9-10-22(27)23-20)11-12-24-13-15-25(16-14-24)17-5-2-1-3-6-17/h1-8,21,26H,9-16H2,(H,23,27). The summed E-state index contributed by atoms with van der Waals surface area (Å²) in [4.78, 5) is 16.4. The van der Waals surface area contributed by atoms with Crippen molar-refractivity contribution in [2.45, 2.75) is 25.4 Å². The van der Waals surface area contributed by atoms with Crippen molar-refractivity contribution in [1.82, 2.24) is 4.90 Å². The predicted molar refractivity (Wildman–Crippen MR) is 108 cm³/mol. The van der Waals surface area contributed by atoms with Crippen LogP contribution in [0.15, 0.2) is 48.5 Å². The highest BCUT2D eigenvalue weighted by Crippen LogP contribution is 2.31. The highest BCUT2D eigenvalue weighted by Gasteiger charge is 2.22. The van der Waals surface area contributed by atoms with Gasteiger partial charge in [0.1, 0.15) is 0 Å². The highest BCUT2D eigenvalue weighted by atomic mass is 16.3. The largest absolute Gasteiger partial charge is 0.388 e. The summed E-state index contributed by atoms with van der Waals surface area (Å²) in [5.74, 6) is 0.0606. The number of carbonyl (C=O) groups excluding carboxylic acids is 1. The zero-order valence-electron chi connectivity index (χ0n) is 15.6. The van der Waals surface area contributed by atoms with Gasteiger partial charge in [0, 0.05) is 50.5 Å². The van der Waals surface area contributed by atoms with Crippen LogP contribution in [0.4, 0.5) is 11.4 Å². The van der Waals surface area contributed by atoms with Gasteiger partial charge in [-0.25, -0.2) is 0 Å². The Labute approximate surface area is 160 Å². The maximum Gasteiger partial charge on any atom is 0.224 e. The van der Waals surface area contributed by atoms with E-state index in [2.05, 4.69) is 45.4 Å². The molecule has 0 bridgehead atoms. The van der Waals surface area contributed by atoms with E-state index in [0.29, 0.717) is 12.8 Å². The van der Waals surface area contributed by atoms with Crippen LogP contribution in [0.25, 0.3) is 0 Å². The second kappa shape index (κ2) is 8.11. The fourth-order valence-electron chi connectivity index (χ4n) is 4.09. The van der Waals surface area contributed by atoms with Gasteiger partial charge in [-0.15, -0.1) is 0 Å². The summed E-state index contributed by atoms with van der Waals surface area (Å²) in [6, 6.07) is 16.4. The lowest BCUT2D eigenvalue weighted by molar-refractivity contribution is -0.116. The number of para-hydroxylation sites is 1. The van der Waals surface area contributed by atoms with E-state index in [1.54, 1.807) is 0 Å². The number of hydrogen-bond donors (Lipinski definition) is 2. The Morgan fingerprint density at radius 1 is 0.963 bits per heavy atom. The summed E-state index contributed by atoms with van der Waals surface area (Å²) in [6.45, 7) is 4.97. The number of nitrogens with zero attached hydrogens (tertiary/aromatic N) is 2. The van der Waals surface area contributed by atoms with Gasteiger partial charge in [-0.05, 0) is 42.2 Å². The van der Waals surface area contributed by atoms with Gasteiger partial charge in [-0.2, -0.15) is 0 Å². The molecule has 142 valence electrons. The van der Waals surface area contributed by atoms with E-state index in [4.69, 9.17) is 0 Å². The van der Waals surface area contributed by atoms with Crippen LogP contribution in [-0.4, -0.2) is 48.6 Å². The Morgan fingerprint density at radius 3 is 2.52 bits per heavy atom. The Kier molecular flexibility index (Phi) is 5.41. The summed E-state index contributed by atoms with van der Waals surface area (Å²) in [5.41, 5.74) is 4.21. The first-order valence-corrected chi connectivity index (χ1v) is 9.83. The number of hydrogen-bond acceptors (Lipinski definition) is 4. The number of anilines is 2. The summed E-state index contributed by atoms with van der Waals surface area (Å²) in [5, 5.41) is 13.7. The number of fused-ring (bicyclic) bond motifs is 1. The molecule has 1 amide bonds. The third-order valence-corrected chi connectivity index (χ3v) is 5.66. The van der Waals surface area contributed by atoms with Crippen LogP contribution in [-0.2, 0) is 11.2 Å². The molecule has 5 heteroatoms. The average Bonchev–Trinajstić information content (AvgIpc) is 2.72. The topological polar surface area (TPSA) is 55.8 Å². The molecule has 2 aliphatic heterocycles. The molecule has 5 nitrogen and oxygen atoms in total. The SMILES string of the molecule is O=C1CCc2c(cccc2C(O)CCN2CCN(c3ccccc3)CC2)N1. The lowest BCUT2D eigenvalue weighted by Gasteiger charge is -2.36. The molecule has 2 aromatic carbocycles. The zero-order chi connectivity index (χ0) is 18.6. The maximum absolute atomic E-state index is 11.6. The monoisotopic (exact) mass is 365 g/mol. The molecule has 1 unspecified atom stereocenters. The van der Waals surface area contributed by atoms with Crippen LogP contribution in [0.1, 0.15) is 30.1 Å². The molecule has 0 spiro atoms. The third kappa shape index (κ3) is 4.15. The van der Waals surface area contributed by atoms with Crippen molar-refractivity contribution in [3.63, 3.8) is 0 Å². The van der Waals surface area contributed by atoms with E-state index in [1.165, 1.54) is 5.69 Å². The van der Waals surface area contributed by atoms with E-state index >= 15 is 0 Å². The summed E-state index contributed by atoms with van der Waals surface area (Å²) in [7, 11) is 0. The summed E-state index contributed by atoms with van der Waals surface area (Å²) in [6.07, 6.45) is 1.44. The number of nitrogens with one attached hydrogen (secondary N) is 1. The number of piperazine rings is 1. The van der Waals surface area contributed by atoms with Crippen LogP contribution in [0.3, 0.4) is 0 Å². The number of carbonyl (C=O) groups is 1. The first kappa shape index (κ1) is 18.0. The van der Waals surface area contributed by atoms with Crippen molar-refractivity contribution in [2.24, 2.45) is 0 Å². The molecule has 0 radical (unpaired) electrons. The molecule has 27 heavy (non-hydrogen) atoms. The van der Waals surface area contributed by atoms with Crippen molar-refractivity contribution in [1.29, 1.82) is 0 Å². The molecule has 2 aliphatic rings. The van der Waals surface area contributed by atoms with E-state index in [1.807, 2.05) is 18.2 Å². The van der Waals surface area contributed by atoms with Crippen molar-refractivity contribution in [2.75, 3.05) is 42.9 Å². The van der Waals surface area contributed by atoms with Gasteiger partial charge < -0.3 is 15.3 Å². The van der Waals surface area contributed by atoms with Crippen molar-refractivity contribution < 1.29 is 9.90 Å². The molecular weight excluding hydrogens is 338 g/mol. The first-order chi connectivity index (χ1) is 13.2. The lowest BCUT2D eigenvalue weighted by Crippen LogP contribution is -2.46. The zero-order valence-corrected chi connectivity index (χ0v) is 15.6. The van der Waals surface area contributed by atoms with Gasteiger partial charge in [0.25, 0.3) is 0 Å². The molecule has 0 saturated carbocycles. The van der Waals surface area contributed by atoms with E-state index in [0.717, 1.165) is 56.0 Å². The van der Waals surface area contributed by atoms with Gasteiger partial charge >= 0.3 is 0 Å². The fraction of sp³-hybridized carbons (Fsp3) is 0.409. The molecule has 2 heterocycles. The predicted octanol–water partition coefficient (Wildman–Crippen LogP) is 2.82. The molecule has 2 N–H and O–H groups in total. The second-order valence-corrected chi connectivity index (χ2v) is 7.39. The minimum Gasteiger partial charge on any atom is -0.388 e. The summed E-state index contributed by atoms with van der Waals surface area (Å²) < 4.78 is 0. The average molecular weight is 365 g/mol. The van der Waals surface area contributed by atoms with Crippen LogP contribution >= 0.6 is 0 Å². The van der Waals surface area contributed by atoms with Crippen LogP contribution in [0.5, 0.6) is 0 Å². The molecule has 1 saturated heterocycles. The van der Waals surface area contributed by atoms with E-state index < -0.39 is 6.10 Å². The highest BCUT2D eigenvalue weighted by molar-refractivity contribution is 5.94. The van der Waals surface area contributed by atoms with Crippen molar-refractivity contribution in [3.8, 4) is 0 Å². The van der Waals surface area contributed by atoms with Gasteiger partial charge in [-0.1, -0.05) is 30.3 Å². The molecule has 1 atom stereocenters. The third-order valence-electron chi connectivity index (χ3n) is 5.66.